The summed E-state index contributed by atoms with van der Waals surface area (Å²) < 4.78 is 45.0. The molecule has 0 spiro atoms. The van der Waals surface area contributed by atoms with Crippen LogP contribution in [0.2, 0.25) is 5.02 Å². The van der Waals surface area contributed by atoms with Gasteiger partial charge < -0.3 is 10.5 Å². The summed E-state index contributed by atoms with van der Waals surface area (Å²) in [6, 6.07) is 4.25. The monoisotopic (exact) mass is 306 g/mol. The second-order valence-electron chi connectivity index (χ2n) is 3.81. The van der Waals surface area contributed by atoms with Crippen molar-refractivity contribution in [1.29, 1.82) is 0 Å². The van der Waals surface area contributed by atoms with Crippen molar-refractivity contribution in [3.05, 3.63) is 34.6 Å². The van der Waals surface area contributed by atoms with Crippen molar-refractivity contribution in [2.45, 2.75) is 12.7 Å². The van der Waals surface area contributed by atoms with Crippen LogP contribution in [0.3, 0.4) is 0 Å². The highest BCUT2D eigenvalue weighted by molar-refractivity contribution is 6.30. The summed E-state index contributed by atoms with van der Waals surface area (Å²) in [6.07, 6.45) is -4.65. The first kappa shape index (κ1) is 14.6. The Labute approximate surface area is 117 Å². The van der Waals surface area contributed by atoms with Gasteiger partial charge in [0.25, 0.3) is 0 Å². The number of hydrogen-bond donors (Lipinski definition) is 1. The van der Waals surface area contributed by atoms with Crippen LogP contribution in [0.1, 0.15) is 11.4 Å². The lowest BCUT2D eigenvalue weighted by Crippen LogP contribution is -2.17. The Morgan fingerprint density at radius 3 is 2.65 bits per heavy atom. The number of halogens is 4. The molecule has 2 rings (SSSR count). The van der Waals surface area contributed by atoms with Crippen molar-refractivity contribution in [3.63, 3.8) is 0 Å². The Kier molecular flexibility index (Phi) is 3.87. The molecule has 0 saturated carbocycles. The summed E-state index contributed by atoms with van der Waals surface area (Å²) >= 11 is 5.81. The molecule has 2 N–H and O–H groups in total. The lowest BCUT2D eigenvalue weighted by molar-refractivity contribution is -0.143. The van der Waals surface area contributed by atoms with Gasteiger partial charge in [0.15, 0.2) is 5.69 Å². The molecule has 5 nitrogen and oxygen atoms in total. The van der Waals surface area contributed by atoms with Crippen LogP contribution in [-0.2, 0) is 12.7 Å². The van der Waals surface area contributed by atoms with Crippen molar-refractivity contribution in [2.24, 2.45) is 5.73 Å². The predicted octanol–water partition coefficient (Wildman–Crippen LogP) is 2.41. The fraction of sp³-hybridized carbons (Fsp3) is 0.273. The molecule has 0 amide bonds. The molecule has 0 aliphatic carbocycles. The topological polar surface area (TPSA) is 66.0 Å². The van der Waals surface area contributed by atoms with E-state index < -0.39 is 11.9 Å². The van der Waals surface area contributed by atoms with Gasteiger partial charge in [-0.25, -0.2) is 4.68 Å². The number of ether oxygens (including phenoxy) is 1. The number of hydrogen-bond acceptors (Lipinski definition) is 4. The highest BCUT2D eigenvalue weighted by atomic mass is 35.5. The first-order valence-corrected chi connectivity index (χ1v) is 5.82. The molecule has 1 aromatic carbocycles. The second kappa shape index (κ2) is 5.29. The average molecular weight is 307 g/mol. The lowest BCUT2D eigenvalue weighted by Gasteiger charge is -2.13. The SMILES string of the molecule is COc1ccc(Cl)cc1-n1nnc(CN)c1C(F)(F)F. The molecule has 0 bridgehead atoms. The standard InChI is InChI=1S/C11H10ClF3N4O/c1-20-9-3-2-6(12)4-8(9)19-10(11(13,14)15)7(5-16)17-18-19/h2-4H,5,16H2,1H3. The molecule has 0 aliphatic heterocycles. The zero-order valence-corrected chi connectivity index (χ0v) is 11.0. The van der Waals surface area contributed by atoms with Crippen molar-refractivity contribution in [3.8, 4) is 11.4 Å². The molecule has 0 radical (unpaired) electrons. The maximum atomic E-state index is 13.1. The summed E-state index contributed by atoms with van der Waals surface area (Å²) in [5, 5.41) is 7.20. The van der Waals surface area contributed by atoms with Crippen LogP contribution in [0, 0.1) is 0 Å². The number of nitrogens with two attached hydrogens (primary N) is 1. The normalized spacial score (nSPS) is 11.7. The Hall–Kier alpha value is -1.80. The number of nitrogens with zero attached hydrogens (tertiary/aromatic N) is 3. The van der Waals surface area contributed by atoms with Crippen molar-refractivity contribution in [1.82, 2.24) is 15.0 Å². The Morgan fingerprint density at radius 2 is 2.10 bits per heavy atom. The minimum Gasteiger partial charge on any atom is -0.494 e. The summed E-state index contributed by atoms with van der Waals surface area (Å²) in [5.74, 6) is 0.188. The fourth-order valence-corrected chi connectivity index (χ4v) is 1.90. The molecule has 1 heterocycles. The summed E-state index contributed by atoms with van der Waals surface area (Å²) in [7, 11) is 1.33. The molecule has 1 aromatic heterocycles. The van der Waals surface area contributed by atoms with Crippen LogP contribution in [0.25, 0.3) is 5.69 Å². The van der Waals surface area contributed by atoms with E-state index in [0.29, 0.717) is 4.68 Å². The average Bonchev–Trinajstić information content (AvgIpc) is 2.82. The van der Waals surface area contributed by atoms with Crippen LogP contribution in [0.5, 0.6) is 5.75 Å². The van der Waals surface area contributed by atoms with Crippen molar-refractivity contribution < 1.29 is 17.9 Å². The van der Waals surface area contributed by atoms with E-state index in [0.717, 1.165) is 0 Å². The molecule has 0 aliphatic rings. The van der Waals surface area contributed by atoms with Gasteiger partial charge in [0, 0.05) is 11.6 Å². The van der Waals surface area contributed by atoms with Crippen LogP contribution in [0.15, 0.2) is 18.2 Å². The van der Waals surface area contributed by atoms with Crippen molar-refractivity contribution >= 4 is 11.6 Å². The molecule has 0 fully saturated rings. The molecular formula is C11H10ClF3N4O. The number of aromatic nitrogens is 3. The van der Waals surface area contributed by atoms with Crippen molar-refractivity contribution in [2.75, 3.05) is 7.11 Å². The first-order chi connectivity index (χ1) is 9.38. The summed E-state index contributed by atoms with van der Waals surface area (Å²) in [5.41, 5.74) is 3.92. The number of benzene rings is 1. The molecule has 0 atom stereocenters. The van der Waals surface area contributed by atoms with Crippen LogP contribution in [-0.4, -0.2) is 22.1 Å². The smallest absolute Gasteiger partial charge is 0.435 e. The third-order valence-corrected chi connectivity index (χ3v) is 2.81. The van der Waals surface area contributed by atoms with Gasteiger partial charge in [0.2, 0.25) is 0 Å². The predicted molar refractivity (Wildman–Crippen MR) is 65.8 cm³/mol. The van der Waals surface area contributed by atoms with Gasteiger partial charge in [0.1, 0.15) is 17.1 Å². The van der Waals surface area contributed by atoms with E-state index in [2.05, 4.69) is 10.3 Å². The Bertz CT molecular complexity index is 627. The molecule has 0 saturated heterocycles. The maximum Gasteiger partial charge on any atom is 0.435 e. The third-order valence-electron chi connectivity index (χ3n) is 2.57. The van der Waals surface area contributed by atoms with Crippen LogP contribution < -0.4 is 10.5 Å². The quantitative estimate of drug-likeness (QED) is 0.945. The summed E-state index contributed by atoms with van der Waals surface area (Å²) in [4.78, 5) is 0. The molecule has 9 heteroatoms. The molecule has 0 unspecified atom stereocenters. The zero-order valence-electron chi connectivity index (χ0n) is 10.3. The molecule has 108 valence electrons. The zero-order chi connectivity index (χ0) is 14.9. The van der Waals surface area contributed by atoms with Gasteiger partial charge >= 0.3 is 6.18 Å². The van der Waals surface area contributed by atoms with E-state index in [4.69, 9.17) is 22.1 Å². The third kappa shape index (κ3) is 2.56. The van der Waals surface area contributed by atoms with Crippen LogP contribution >= 0.6 is 11.6 Å². The minimum atomic E-state index is -4.65. The Morgan fingerprint density at radius 1 is 1.40 bits per heavy atom. The van der Waals surface area contributed by atoms with Gasteiger partial charge in [-0.05, 0) is 18.2 Å². The van der Waals surface area contributed by atoms with Gasteiger partial charge in [-0.3, -0.25) is 0 Å². The van der Waals surface area contributed by atoms with Gasteiger partial charge in [0.05, 0.1) is 7.11 Å². The van der Waals surface area contributed by atoms with Gasteiger partial charge in [-0.1, -0.05) is 16.8 Å². The van der Waals surface area contributed by atoms with E-state index in [1.165, 1.54) is 25.3 Å². The van der Waals surface area contributed by atoms with Gasteiger partial charge in [-0.2, -0.15) is 13.2 Å². The van der Waals surface area contributed by atoms with E-state index in [9.17, 15) is 13.2 Å². The van der Waals surface area contributed by atoms with Gasteiger partial charge in [-0.15, -0.1) is 5.10 Å². The Balaban J connectivity index is 2.70. The number of methoxy groups -OCH3 is 1. The summed E-state index contributed by atoms with van der Waals surface area (Å²) in [6.45, 7) is -0.377. The molecule has 2 aromatic rings. The minimum absolute atomic E-state index is 0.0412. The maximum absolute atomic E-state index is 13.1. The second-order valence-corrected chi connectivity index (χ2v) is 4.25. The molecular weight excluding hydrogens is 297 g/mol. The van der Waals surface area contributed by atoms with E-state index in [-0.39, 0.29) is 28.7 Å². The largest absolute Gasteiger partial charge is 0.494 e. The highest BCUT2D eigenvalue weighted by Gasteiger charge is 2.39. The molecule has 20 heavy (non-hydrogen) atoms. The first-order valence-electron chi connectivity index (χ1n) is 5.44. The van der Waals surface area contributed by atoms with E-state index >= 15 is 0 Å². The van der Waals surface area contributed by atoms with Crippen LogP contribution in [0.4, 0.5) is 13.2 Å². The highest BCUT2D eigenvalue weighted by Crippen LogP contribution is 2.35. The lowest BCUT2D eigenvalue weighted by atomic mass is 10.2. The fourth-order valence-electron chi connectivity index (χ4n) is 1.73. The van der Waals surface area contributed by atoms with E-state index in [1.54, 1.807) is 0 Å². The van der Waals surface area contributed by atoms with E-state index in [1.807, 2.05) is 0 Å². The number of rotatable bonds is 3. The number of alkyl halides is 3.